The van der Waals surface area contributed by atoms with Gasteiger partial charge >= 0.3 is 0 Å². The van der Waals surface area contributed by atoms with Crippen LogP contribution in [-0.4, -0.2) is 60.6 Å². The normalized spacial score (nSPS) is 25.3. The zero-order valence-corrected chi connectivity index (χ0v) is 14.1. The van der Waals surface area contributed by atoms with Crippen molar-refractivity contribution in [2.45, 2.75) is 31.8 Å². The van der Waals surface area contributed by atoms with Crippen LogP contribution in [0, 0.1) is 5.82 Å². The molecule has 126 valence electrons. The number of hydrogen-bond acceptors (Lipinski definition) is 3. The van der Waals surface area contributed by atoms with Crippen molar-refractivity contribution in [3.8, 4) is 0 Å². The minimum absolute atomic E-state index is 0.0153. The number of hydrogen-bond donors (Lipinski definition) is 0. The summed E-state index contributed by atoms with van der Waals surface area (Å²) < 4.78 is 19.0. The molecule has 0 aromatic heterocycles. The number of morpholine rings is 1. The summed E-state index contributed by atoms with van der Waals surface area (Å²) in [6, 6.07) is 4.84. The number of fused-ring (bicyclic) bond motifs is 1. The summed E-state index contributed by atoms with van der Waals surface area (Å²) in [6.45, 7) is 5.82. The molecule has 0 N–H and O–H groups in total. The smallest absolute Gasteiger partial charge is 0.254 e. The summed E-state index contributed by atoms with van der Waals surface area (Å²) >= 11 is 5.79. The maximum atomic E-state index is 13.3. The quantitative estimate of drug-likeness (QED) is 0.848. The van der Waals surface area contributed by atoms with Crippen molar-refractivity contribution < 1.29 is 13.9 Å². The highest BCUT2D eigenvalue weighted by molar-refractivity contribution is 6.31. The fourth-order valence-corrected chi connectivity index (χ4v) is 3.69. The standard InChI is InChI=1S/C17H22ClFN2O2/c1-2-3-13-10-23-11-14-9-20(6-7-21(13)14)17(22)12-4-5-16(19)15(18)8-12/h4-5,8,13-14H,2-3,6-7,9-11H2,1H3/t13-,14+/m0/s1. The van der Waals surface area contributed by atoms with Gasteiger partial charge in [0.2, 0.25) is 0 Å². The molecule has 2 heterocycles. The predicted molar refractivity (Wildman–Crippen MR) is 87.3 cm³/mol. The second-order valence-corrected chi connectivity index (χ2v) is 6.66. The topological polar surface area (TPSA) is 32.8 Å². The maximum absolute atomic E-state index is 13.3. The molecule has 1 amide bonds. The van der Waals surface area contributed by atoms with Crippen LogP contribution < -0.4 is 0 Å². The molecule has 0 bridgehead atoms. The second kappa shape index (κ2) is 7.16. The number of halogens is 2. The Morgan fingerprint density at radius 3 is 2.96 bits per heavy atom. The molecule has 0 aliphatic carbocycles. The lowest BCUT2D eigenvalue weighted by atomic mass is 10.0. The molecule has 3 rings (SSSR count). The Balaban J connectivity index is 1.69. The lowest BCUT2D eigenvalue weighted by Gasteiger charge is -2.48. The minimum Gasteiger partial charge on any atom is -0.378 e. The molecular weight excluding hydrogens is 319 g/mol. The van der Waals surface area contributed by atoms with E-state index in [9.17, 15) is 9.18 Å². The zero-order chi connectivity index (χ0) is 16.4. The first kappa shape index (κ1) is 16.7. The van der Waals surface area contributed by atoms with E-state index >= 15 is 0 Å². The van der Waals surface area contributed by atoms with Crippen molar-refractivity contribution in [2.24, 2.45) is 0 Å². The fourth-order valence-electron chi connectivity index (χ4n) is 3.51. The average Bonchev–Trinajstić information content (AvgIpc) is 2.57. The van der Waals surface area contributed by atoms with Crippen LogP contribution in [0.25, 0.3) is 0 Å². The molecule has 2 aliphatic rings. The van der Waals surface area contributed by atoms with Crippen LogP contribution in [0.5, 0.6) is 0 Å². The largest absolute Gasteiger partial charge is 0.378 e. The van der Waals surface area contributed by atoms with E-state index in [1.165, 1.54) is 18.2 Å². The summed E-state index contributed by atoms with van der Waals surface area (Å²) in [6.07, 6.45) is 2.26. The Kier molecular flexibility index (Phi) is 5.19. The molecule has 2 fully saturated rings. The number of ether oxygens (including phenoxy) is 1. The molecule has 2 atom stereocenters. The van der Waals surface area contributed by atoms with Crippen LogP contribution in [0.4, 0.5) is 4.39 Å². The lowest BCUT2D eigenvalue weighted by molar-refractivity contribution is -0.0776. The van der Waals surface area contributed by atoms with Gasteiger partial charge in [-0.15, -0.1) is 0 Å². The van der Waals surface area contributed by atoms with Crippen molar-refractivity contribution in [3.63, 3.8) is 0 Å². The number of nitrogens with zero attached hydrogens (tertiary/aromatic N) is 2. The molecule has 0 spiro atoms. The van der Waals surface area contributed by atoms with Gasteiger partial charge in [-0.2, -0.15) is 0 Å². The SMILES string of the molecule is CCC[C@H]1COC[C@H]2CN(C(=O)c3ccc(F)c(Cl)c3)CCN12. The molecule has 0 saturated carbocycles. The van der Waals surface area contributed by atoms with Crippen LogP contribution >= 0.6 is 11.6 Å². The first-order chi connectivity index (χ1) is 11.1. The molecule has 6 heteroatoms. The van der Waals surface area contributed by atoms with Gasteiger partial charge in [-0.1, -0.05) is 24.9 Å². The number of carbonyl (C=O) groups excluding carboxylic acids is 1. The van der Waals surface area contributed by atoms with E-state index in [0.29, 0.717) is 31.3 Å². The van der Waals surface area contributed by atoms with Gasteiger partial charge in [0.05, 0.1) is 24.3 Å². The number of piperazine rings is 1. The second-order valence-electron chi connectivity index (χ2n) is 6.25. The van der Waals surface area contributed by atoms with Gasteiger partial charge in [-0.25, -0.2) is 4.39 Å². The van der Waals surface area contributed by atoms with Gasteiger partial charge in [0, 0.05) is 31.2 Å². The van der Waals surface area contributed by atoms with Crippen LogP contribution in [0.1, 0.15) is 30.1 Å². The number of rotatable bonds is 3. The first-order valence-electron chi connectivity index (χ1n) is 8.18. The fraction of sp³-hybridized carbons (Fsp3) is 0.588. The monoisotopic (exact) mass is 340 g/mol. The lowest BCUT2D eigenvalue weighted by Crippen LogP contribution is -2.62. The third-order valence-corrected chi connectivity index (χ3v) is 4.98. The van der Waals surface area contributed by atoms with Crippen molar-refractivity contribution in [1.29, 1.82) is 0 Å². The molecule has 2 aliphatic heterocycles. The van der Waals surface area contributed by atoms with E-state index in [-0.39, 0.29) is 17.0 Å². The number of carbonyl (C=O) groups is 1. The summed E-state index contributed by atoms with van der Waals surface area (Å²) in [5.74, 6) is -0.597. The Morgan fingerprint density at radius 1 is 1.39 bits per heavy atom. The highest BCUT2D eigenvalue weighted by atomic mass is 35.5. The van der Waals surface area contributed by atoms with Gasteiger partial charge in [0.1, 0.15) is 5.82 Å². The van der Waals surface area contributed by atoms with E-state index < -0.39 is 5.82 Å². The van der Waals surface area contributed by atoms with Gasteiger partial charge in [-0.3, -0.25) is 9.69 Å². The third kappa shape index (κ3) is 3.52. The molecule has 23 heavy (non-hydrogen) atoms. The number of amides is 1. The van der Waals surface area contributed by atoms with Crippen molar-refractivity contribution in [1.82, 2.24) is 9.80 Å². The summed E-state index contributed by atoms with van der Waals surface area (Å²) in [4.78, 5) is 16.9. The van der Waals surface area contributed by atoms with E-state index in [2.05, 4.69) is 11.8 Å². The Labute approximate surface area is 141 Å². The van der Waals surface area contributed by atoms with Crippen molar-refractivity contribution >= 4 is 17.5 Å². The van der Waals surface area contributed by atoms with Crippen molar-refractivity contribution in [3.05, 3.63) is 34.6 Å². The summed E-state index contributed by atoms with van der Waals surface area (Å²) in [5.41, 5.74) is 0.437. The van der Waals surface area contributed by atoms with E-state index in [1.807, 2.05) is 4.90 Å². The third-order valence-electron chi connectivity index (χ3n) is 4.69. The van der Waals surface area contributed by atoms with Crippen LogP contribution in [0.2, 0.25) is 5.02 Å². The van der Waals surface area contributed by atoms with Gasteiger partial charge in [-0.05, 0) is 24.6 Å². The molecule has 1 aromatic rings. The average molecular weight is 341 g/mol. The van der Waals surface area contributed by atoms with Crippen LogP contribution in [-0.2, 0) is 4.74 Å². The highest BCUT2D eigenvalue weighted by Gasteiger charge is 2.36. The van der Waals surface area contributed by atoms with Crippen molar-refractivity contribution in [2.75, 3.05) is 32.8 Å². The highest BCUT2D eigenvalue weighted by Crippen LogP contribution is 2.23. The predicted octanol–water partition coefficient (Wildman–Crippen LogP) is 2.80. The summed E-state index contributed by atoms with van der Waals surface area (Å²) in [7, 11) is 0. The molecular formula is C17H22ClFN2O2. The molecule has 0 unspecified atom stereocenters. The van der Waals surface area contributed by atoms with E-state index in [0.717, 1.165) is 26.0 Å². The first-order valence-corrected chi connectivity index (χ1v) is 8.55. The molecule has 1 aromatic carbocycles. The van der Waals surface area contributed by atoms with Crippen LogP contribution in [0.15, 0.2) is 18.2 Å². The number of benzene rings is 1. The molecule has 4 nitrogen and oxygen atoms in total. The maximum Gasteiger partial charge on any atom is 0.254 e. The van der Waals surface area contributed by atoms with Gasteiger partial charge in [0.25, 0.3) is 5.91 Å². The molecule has 0 radical (unpaired) electrons. The van der Waals surface area contributed by atoms with E-state index in [4.69, 9.17) is 16.3 Å². The Morgan fingerprint density at radius 2 is 2.22 bits per heavy atom. The van der Waals surface area contributed by atoms with Gasteiger partial charge in [0.15, 0.2) is 0 Å². The molecule has 2 saturated heterocycles. The summed E-state index contributed by atoms with van der Waals surface area (Å²) in [5, 5.41) is -0.0153. The zero-order valence-electron chi connectivity index (χ0n) is 13.3. The van der Waals surface area contributed by atoms with E-state index in [1.54, 1.807) is 0 Å². The Bertz CT molecular complexity index is 582. The van der Waals surface area contributed by atoms with Gasteiger partial charge < -0.3 is 9.64 Å². The minimum atomic E-state index is -0.504. The van der Waals surface area contributed by atoms with Crippen LogP contribution in [0.3, 0.4) is 0 Å². The Hall–Kier alpha value is -1.17.